The Hall–Kier alpha value is -2.09. The standard InChI is InChI=1S/C22H26FNO4S/c1-22(2,3)29(27)9-6-19-20(23)17(4-7-24-19)18-11-14(13-26)10-15-12-16(5-8-25)28-21(15)18/h4,7,10-12,25-26H,5-6,8-9,13H2,1-3H3/t29-/m1/s1. The molecular weight excluding hydrogens is 393 g/mol. The maximum absolute atomic E-state index is 15.3. The first-order valence-corrected chi connectivity index (χ1v) is 10.9. The highest BCUT2D eigenvalue weighted by Gasteiger charge is 2.21. The van der Waals surface area contributed by atoms with E-state index >= 15 is 4.39 Å². The number of furan rings is 1. The second kappa shape index (κ2) is 8.73. The van der Waals surface area contributed by atoms with Crippen LogP contribution in [0.3, 0.4) is 0 Å². The Morgan fingerprint density at radius 3 is 2.55 bits per heavy atom. The first-order valence-electron chi connectivity index (χ1n) is 9.54. The number of nitrogens with zero attached hydrogens (tertiary/aromatic N) is 1. The molecule has 0 saturated carbocycles. The number of pyridine rings is 1. The topological polar surface area (TPSA) is 83.6 Å². The Balaban J connectivity index is 2.04. The van der Waals surface area contributed by atoms with Crippen LogP contribution in [-0.2, 0) is 30.2 Å². The summed E-state index contributed by atoms with van der Waals surface area (Å²) in [6.07, 6.45) is 2.15. The van der Waals surface area contributed by atoms with E-state index in [9.17, 15) is 14.4 Å². The molecule has 2 N–H and O–H groups in total. The molecule has 3 rings (SSSR count). The molecule has 2 heterocycles. The zero-order chi connectivity index (χ0) is 21.2. The molecule has 0 aliphatic rings. The lowest BCUT2D eigenvalue weighted by Gasteiger charge is -2.17. The predicted molar refractivity (Wildman–Crippen MR) is 113 cm³/mol. The van der Waals surface area contributed by atoms with Crippen LogP contribution in [-0.4, -0.2) is 36.5 Å². The van der Waals surface area contributed by atoms with E-state index in [0.29, 0.717) is 40.2 Å². The number of fused-ring (bicyclic) bond motifs is 1. The molecule has 0 saturated heterocycles. The lowest BCUT2D eigenvalue weighted by molar-refractivity contribution is 0.282. The number of aryl methyl sites for hydroxylation is 1. The van der Waals surface area contributed by atoms with Crippen LogP contribution in [0.15, 0.2) is 34.9 Å². The highest BCUT2D eigenvalue weighted by Crippen LogP contribution is 2.34. The normalized spacial score (nSPS) is 13.2. The van der Waals surface area contributed by atoms with Crippen LogP contribution in [0.5, 0.6) is 0 Å². The van der Waals surface area contributed by atoms with Crippen molar-refractivity contribution in [3.8, 4) is 11.1 Å². The van der Waals surface area contributed by atoms with Crippen LogP contribution >= 0.6 is 0 Å². The lowest BCUT2D eigenvalue weighted by Crippen LogP contribution is -2.25. The second-order valence-electron chi connectivity index (χ2n) is 7.94. The Bertz CT molecular complexity index is 1040. The molecule has 0 amide bonds. The number of aliphatic hydroxyl groups excluding tert-OH is 2. The van der Waals surface area contributed by atoms with Crippen molar-refractivity contribution in [1.29, 1.82) is 0 Å². The second-order valence-corrected chi connectivity index (χ2v) is 10.3. The summed E-state index contributed by atoms with van der Waals surface area (Å²) in [5, 5.41) is 19.5. The molecular formula is C22H26FNO4S. The minimum absolute atomic E-state index is 0.0549. The summed E-state index contributed by atoms with van der Waals surface area (Å²) in [5.74, 6) is 0.439. The molecule has 1 aromatic carbocycles. The monoisotopic (exact) mass is 419 g/mol. The Kier molecular flexibility index (Phi) is 6.51. The number of rotatable bonds is 7. The molecule has 0 fully saturated rings. The van der Waals surface area contributed by atoms with Crippen LogP contribution in [0, 0.1) is 5.82 Å². The summed E-state index contributed by atoms with van der Waals surface area (Å²) < 4.78 is 33.1. The highest BCUT2D eigenvalue weighted by atomic mass is 32.2. The molecule has 0 unspecified atom stereocenters. The van der Waals surface area contributed by atoms with Gasteiger partial charge in [0.25, 0.3) is 0 Å². The maximum Gasteiger partial charge on any atom is 0.152 e. The predicted octanol–water partition coefficient (Wildman–Crippen LogP) is 3.75. The largest absolute Gasteiger partial charge is 0.460 e. The summed E-state index contributed by atoms with van der Waals surface area (Å²) in [5.41, 5.74) is 2.23. The van der Waals surface area contributed by atoms with Gasteiger partial charge in [0, 0.05) is 56.9 Å². The molecule has 1 atom stereocenters. The maximum atomic E-state index is 15.3. The summed E-state index contributed by atoms with van der Waals surface area (Å²) in [7, 11) is -1.11. The third-order valence-corrected chi connectivity index (χ3v) is 6.67. The van der Waals surface area contributed by atoms with Crippen LogP contribution in [0.2, 0.25) is 0 Å². The number of benzene rings is 1. The molecule has 0 aliphatic heterocycles. The SMILES string of the molecule is CC(C)(C)[S@](=O)CCc1nccc(-c2cc(CO)cc3cc(CCO)oc23)c1F. The van der Waals surface area contributed by atoms with E-state index in [1.165, 1.54) is 6.20 Å². The first kappa shape index (κ1) is 21.6. The van der Waals surface area contributed by atoms with Gasteiger partial charge in [-0.3, -0.25) is 9.19 Å². The molecule has 156 valence electrons. The van der Waals surface area contributed by atoms with Gasteiger partial charge in [0.1, 0.15) is 11.3 Å². The number of aliphatic hydroxyl groups is 2. The van der Waals surface area contributed by atoms with Crippen LogP contribution < -0.4 is 0 Å². The van der Waals surface area contributed by atoms with Gasteiger partial charge in [-0.1, -0.05) is 0 Å². The van der Waals surface area contributed by atoms with E-state index < -0.39 is 16.6 Å². The third-order valence-electron chi connectivity index (χ3n) is 4.73. The zero-order valence-electron chi connectivity index (χ0n) is 16.9. The fraction of sp³-hybridized carbons (Fsp3) is 0.409. The van der Waals surface area contributed by atoms with Gasteiger partial charge in [0.2, 0.25) is 0 Å². The molecule has 0 bridgehead atoms. The first-order chi connectivity index (χ1) is 13.7. The molecule has 7 heteroatoms. The van der Waals surface area contributed by atoms with Crippen molar-refractivity contribution in [2.75, 3.05) is 12.4 Å². The van der Waals surface area contributed by atoms with Gasteiger partial charge in [0.15, 0.2) is 5.82 Å². The molecule has 29 heavy (non-hydrogen) atoms. The summed E-state index contributed by atoms with van der Waals surface area (Å²) >= 11 is 0. The Morgan fingerprint density at radius 2 is 1.90 bits per heavy atom. The van der Waals surface area contributed by atoms with E-state index in [2.05, 4.69) is 4.98 Å². The third kappa shape index (κ3) is 4.74. The van der Waals surface area contributed by atoms with Crippen molar-refractivity contribution in [2.45, 2.75) is 45.0 Å². The molecule has 3 aromatic rings. The van der Waals surface area contributed by atoms with Gasteiger partial charge in [-0.2, -0.15) is 0 Å². The van der Waals surface area contributed by atoms with Gasteiger partial charge in [-0.25, -0.2) is 4.39 Å². The van der Waals surface area contributed by atoms with Gasteiger partial charge < -0.3 is 14.6 Å². The summed E-state index contributed by atoms with van der Waals surface area (Å²) in [4.78, 5) is 4.15. The lowest BCUT2D eigenvalue weighted by atomic mass is 9.99. The molecule has 5 nitrogen and oxygen atoms in total. The van der Waals surface area contributed by atoms with E-state index in [1.807, 2.05) is 20.8 Å². The minimum Gasteiger partial charge on any atom is -0.460 e. The number of hydrogen-bond donors (Lipinski definition) is 2. The molecule has 0 aliphatic carbocycles. The van der Waals surface area contributed by atoms with Crippen molar-refractivity contribution < 1.29 is 23.2 Å². The minimum atomic E-state index is -1.11. The Labute approximate surface area is 172 Å². The van der Waals surface area contributed by atoms with E-state index in [0.717, 1.165) is 5.39 Å². The Morgan fingerprint density at radius 1 is 1.14 bits per heavy atom. The quantitative estimate of drug-likeness (QED) is 0.609. The molecule has 2 aromatic heterocycles. The van der Waals surface area contributed by atoms with E-state index in [-0.39, 0.29) is 30.1 Å². The van der Waals surface area contributed by atoms with Crippen molar-refractivity contribution >= 4 is 21.8 Å². The van der Waals surface area contributed by atoms with Crippen molar-refractivity contribution in [3.63, 3.8) is 0 Å². The van der Waals surface area contributed by atoms with E-state index in [4.69, 9.17) is 4.42 Å². The number of hydrogen-bond acceptors (Lipinski definition) is 5. The van der Waals surface area contributed by atoms with Gasteiger partial charge in [0.05, 0.1) is 18.9 Å². The van der Waals surface area contributed by atoms with Crippen molar-refractivity contribution in [2.24, 2.45) is 0 Å². The average Bonchev–Trinajstić information content (AvgIpc) is 3.08. The van der Waals surface area contributed by atoms with Crippen LogP contribution in [0.25, 0.3) is 22.1 Å². The van der Waals surface area contributed by atoms with Crippen LogP contribution in [0.4, 0.5) is 4.39 Å². The fourth-order valence-electron chi connectivity index (χ4n) is 3.16. The smallest absolute Gasteiger partial charge is 0.152 e. The summed E-state index contributed by atoms with van der Waals surface area (Å²) in [6, 6.07) is 6.85. The number of halogens is 1. The van der Waals surface area contributed by atoms with Crippen molar-refractivity contribution in [3.05, 3.63) is 53.3 Å². The zero-order valence-corrected chi connectivity index (χ0v) is 17.7. The molecule has 0 spiro atoms. The van der Waals surface area contributed by atoms with E-state index in [1.54, 1.807) is 24.3 Å². The van der Waals surface area contributed by atoms with Gasteiger partial charge >= 0.3 is 0 Å². The van der Waals surface area contributed by atoms with Crippen LogP contribution in [0.1, 0.15) is 37.8 Å². The number of aromatic nitrogens is 1. The molecule has 0 radical (unpaired) electrons. The highest BCUT2D eigenvalue weighted by molar-refractivity contribution is 7.86. The van der Waals surface area contributed by atoms with Gasteiger partial charge in [-0.05, 0) is 50.6 Å². The van der Waals surface area contributed by atoms with Crippen molar-refractivity contribution in [1.82, 2.24) is 4.98 Å². The summed E-state index contributed by atoms with van der Waals surface area (Å²) in [6.45, 7) is 5.43. The fourth-order valence-corrected chi connectivity index (χ4v) is 4.15. The average molecular weight is 420 g/mol. The van der Waals surface area contributed by atoms with Gasteiger partial charge in [-0.15, -0.1) is 0 Å².